The van der Waals surface area contributed by atoms with Crippen molar-refractivity contribution in [3.63, 3.8) is 0 Å². The molecule has 0 aliphatic rings. The maximum atomic E-state index is 4.41. The molecule has 0 saturated carbocycles. The fourth-order valence-corrected chi connectivity index (χ4v) is 1.58. The highest BCUT2D eigenvalue weighted by atomic mass is 32.1. The van der Waals surface area contributed by atoms with Gasteiger partial charge in [-0.2, -0.15) is 12.6 Å². The molecule has 1 atom stereocenters. The molecule has 0 saturated heterocycles. The maximum absolute atomic E-state index is 4.41. The summed E-state index contributed by atoms with van der Waals surface area (Å²) in [6.07, 6.45) is 0. The van der Waals surface area contributed by atoms with E-state index in [0.717, 1.165) is 0 Å². The third kappa shape index (κ3) is 2.02. The largest absolute Gasteiger partial charge is 0.305 e. The number of hydrogen-bond donors (Lipinski definition) is 2. The maximum Gasteiger partial charge on any atom is 0.0759 e. The van der Waals surface area contributed by atoms with Gasteiger partial charge in [0.05, 0.1) is 5.37 Å². The van der Waals surface area contributed by atoms with Crippen LogP contribution in [0.1, 0.15) is 22.1 Å². The molecule has 0 bridgehead atoms. The minimum Gasteiger partial charge on any atom is -0.305 e. The van der Waals surface area contributed by atoms with Crippen LogP contribution in [-0.4, -0.2) is 7.05 Å². The lowest BCUT2D eigenvalue weighted by Crippen LogP contribution is -2.11. The lowest BCUT2D eigenvalue weighted by Gasteiger charge is -2.13. The van der Waals surface area contributed by atoms with Gasteiger partial charge >= 0.3 is 0 Å². The van der Waals surface area contributed by atoms with Crippen molar-refractivity contribution in [1.82, 2.24) is 5.32 Å². The molecule has 66 valence electrons. The van der Waals surface area contributed by atoms with Gasteiger partial charge in [-0.25, -0.2) is 0 Å². The lowest BCUT2D eigenvalue weighted by atomic mass is 10.1. The van der Waals surface area contributed by atoms with Gasteiger partial charge in [0, 0.05) is 0 Å². The van der Waals surface area contributed by atoms with E-state index in [-0.39, 0.29) is 5.37 Å². The van der Waals surface area contributed by atoms with E-state index in [1.165, 1.54) is 16.7 Å². The first-order valence-corrected chi connectivity index (χ1v) is 4.59. The number of thiol groups is 1. The van der Waals surface area contributed by atoms with Crippen molar-refractivity contribution in [2.75, 3.05) is 7.05 Å². The van der Waals surface area contributed by atoms with Crippen LogP contribution < -0.4 is 5.32 Å². The van der Waals surface area contributed by atoms with E-state index in [1.807, 2.05) is 7.05 Å². The van der Waals surface area contributed by atoms with Gasteiger partial charge in [-0.15, -0.1) is 0 Å². The zero-order valence-corrected chi connectivity index (χ0v) is 8.65. The van der Waals surface area contributed by atoms with E-state index in [9.17, 15) is 0 Å². The normalized spacial score (nSPS) is 13.0. The Morgan fingerprint density at radius 2 is 2.00 bits per heavy atom. The Morgan fingerprint density at radius 3 is 2.50 bits per heavy atom. The number of rotatable bonds is 2. The first kappa shape index (κ1) is 9.62. The summed E-state index contributed by atoms with van der Waals surface area (Å²) < 4.78 is 0. The molecular formula is C10H15NS. The zero-order chi connectivity index (χ0) is 9.14. The molecule has 0 heterocycles. The van der Waals surface area contributed by atoms with Crippen molar-refractivity contribution in [3.8, 4) is 0 Å². The molecule has 1 N–H and O–H groups in total. The number of aryl methyl sites for hydroxylation is 2. The summed E-state index contributed by atoms with van der Waals surface area (Å²) in [5.41, 5.74) is 3.85. The van der Waals surface area contributed by atoms with Crippen molar-refractivity contribution in [1.29, 1.82) is 0 Å². The zero-order valence-electron chi connectivity index (χ0n) is 7.76. The first-order valence-electron chi connectivity index (χ1n) is 4.07. The molecular weight excluding hydrogens is 166 g/mol. The van der Waals surface area contributed by atoms with Gasteiger partial charge in [0.15, 0.2) is 0 Å². The molecule has 0 aliphatic heterocycles. The number of hydrogen-bond acceptors (Lipinski definition) is 2. The summed E-state index contributed by atoms with van der Waals surface area (Å²) in [5, 5.41) is 3.25. The van der Waals surface area contributed by atoms with Crippen LogP contribution in [0.15, 0.2) is 18.2 Å². The van der Waals surface area contributed by atoms with Crippen molar-refractivity contribution >= 4 is 12.6 Å². The topological polar surface area (TPSA) is 12.0 Å². The molecule has 0 spiro atoms. The van der Waals surface area contributed by atoms with Crippen LogP contribution in [0.3, 0.4) is 0 Å². The third-order valence-corrected chi connectivity index (χ3v) is 2.53. The van der Waals surface area contributed by atoms with E-state index in [0.29, 0.717) is 0 Å². The van der Waals surface area contributed by atoms with E-state index in [2.05, 4.69) is 50.0 Å². The van der Waals surface area contributed by atoms with Crippen LogP contribution in [0.2, 0.25) is 0 Å². The quantitative estimate of drug-likeness (QED) is 0.527. The Bertz CT molecular complexity index is 271. The molecule has 1 rings (SSSR count). The average molecular weight is 181 g/mol. The van der Waals surface area contributed by atoms with Crippen molar-refractivity contribution in [3.05, 3.63) is 34.9 Å². The second-order valence-corrected chi connectivity index (χ2v) is 3.57. The van der Waals surface area contributed by atoms with Crippen LogP contribution in [0.4, 0.5) is 0 Å². The van der Waals surface area contributed by atoms with Gasteiger partial charge in [-0.1, -0.05) is 23.8 Å². The van der Waals surface area contributed by atoms with Gasteiger partial charge < -0.3 is 5.32 Å². The summed E-state index contributed by atoms with van der Waals surface area (Å²) in [4.78, 5) is 0. The van der Waals surface area contributed by atoms with Crippen molar-refractivity contribution in [2.24, 2.45) is 0 Å². The SMILES string of the molecule is CNC(S)c1ccc(C)cc1C. The van der Waals surface area contributed by atoms with E-state index in [1.54, 1.807) is 0 Å². The van der Waals surface area contributed by atoms with Gasteiger partial charge in [0.1, 0.15) is 0 Å². The predicted octanol–water partition coefficient (Wildman–Crippen LogP) is 2.45. The Morgan fingerprint density at radius 1 is 1.33 bits per heavy atom. The Hall–Kier alpha value is -0.470. The summed E-state index contributed by atoms with van der Waals surface area (Å²) in [5.74, 6) is 0. The highest BCUT2D eigenvalue weighted by Crippen LogP contribution is 2.20. The number of nitrogens with one attached hydrogen (secondary N) is 1. The van der Waals surface area contributed by atoms with Crippen LogP contribution in [0.5, 0.6) is 0 Å². The summed E-state index contributed by atoms with van der Waals surface area (Å²) in [6, 6.07) is 6.41. The molecule has 12 heavy (non-hydrogen) atoms. The minimum absolute atomic E-state index is 0.144. The highest BCUT2D eigenvalue weighted by Gasteiger charge is 2.05. The van der Waals surface area contributed by atoms with Crippen LogP contribution in [-0.2, 0) is 0 Å². The van der Waals surface area contributed by atoms with E-state index >= 15 is 0 Å². The number of benzene rings is 1. The molecule has 0 fully saturated rings. The fourth-order valence-electron chi connectivity index (χ4n) is 1.29. The fraction of sp³-hybridized carbons (Fsp3) is 0.400. The molecule has 1 nitrogen and oxygen atoms in total. The Balaban J connectivity index is 3.01. The average Bonchev–Trinajstić information content (AvgIpc) is 2.03. The predicted molar refractivity (Wildman–Crippen MR) is 56.7 cm³/mol. The minimum atomic E-state index is 0.144. The molecule has 2 heteroatoms. The Labute approximate surface area is 79.6 Å². The monoisotopic (exact) mass is 181 g/mol. The molecule has 1 unspecified atom stereocenters. The van der Waals surface area contributed by atoms with Crippen molar-refractivity contribution in [2.45, 2.75) is 19.2 Å². The second-order valence-electron chi connectivity index (χ2n) is 3.05. The summed E-state index contributed by atoms with van der Waals surface area (Å²) >= 11 is 4.41. The van der Waals surface area contributed by atoms with E-state index < -0.39 is 0 Å². The molecule has 0 aromatic heterocycles. The molecule has 1 aromatic carbocycles. The summed E-state index contributed by atoms with van der Waals surface area (Å²) in [7, 11) is 1.91. The van der Waals surface area contributed by atoms with Gasteiger partial charge in [0.25, 0.3) is 0 Å². The van der Waals surface area contributed by atoms with Gasteiger partial charge in [-0.05, 0) is 32.0 Å². The van der Waals surface area contributed by atoms with Crippen LogP contribution in [0, 0.1) is 13.8 Å². The van der Waals surface area contributed by atoms with Crippen LogP contribution in [0.25, 0.3) is 0 Å². The Kier molecular flexibility index (Phi) is 3.18. The van der Waals surface area contributed by atoms with Gasteiger partial charge in [0.2, 0.25) is 0 Å². The van der Waals surface area contributed by atoms with E-state index in [4.69, 9.17) is 0 Å². The highest BCUT2D eigenvalue weighted by molar-refractivity contribution is 7.80. The van der Waals surface area contributed by atoms with Crippen LogP contribution >= 0.6 is 12.6 Å². The summed E-state index contributed by atoms with van der Waals surface area (Å²) in [6.45, 7) is 4.21. The molecule has 0 radical (unpaired) electrons. The first-order chi connectivity index (χ1) is 5.65. The molecule has 1 aromatic rings. The van der Waals surface area contributed by atoms with Gasteiger partial charge in [-0.3, -0.25) is 0 Å². The molecule has 0 aliphatic carbocycles. The second kappa shape index (κ2) is 3.97. The smallest absolute Gasteiger partial charge is 0.0759 e. The lowest BCUT2D eigenvalue weighted by molar-refractivity contribution is 0.794. The van der Waals surface area contributed by atoms with Crippen molar-refractivity contribution < 1.29 is 0 Å². The molecule has 0 amide bonds. The standard InChI is InChI=1S/C10H15NS/c1-7-4-5-9(8(2)6-7)10(12)11-3/h4-6,10-12H,1-3H3. The third-order valence-electron chi connectivity index (χ3n) is 1.99.